The number of anilines is 3. The predicted octanol–water partition coefficient (Wildman–Crippen LogP) is 13.9. The van der Waals surface area contributed by atoms with Crippen molar-refractivity contribution in [2.45, 2.75) is 0 Å². The van der Waals surface area contributed by atoms with Gasteiger partial charge in [-0.25, -0.2) is 0 Å². The second-order valence-corrected chi connectivity index (χ2v) is 13.7. The highest BCUT2D eigenvalue weighted by molar-refractivity contribution is 7.25. The minimum absolute atomic E-state index is 0.877. The van der Waals surface area contributed by atoms with Crippen LogP contribution in [-0.4, -0.2) is 0 Å². The monoisotopic (exact) mass is 643 g/mol. The average molecular weight is 644 g/mol. The maximum absolute atomic E-state index is 6.36. The van der Waals surface area contributed by atoms with Gasteiger partial charge in [0.1, 0.15) is 11.2 Å². The number of hydrogen-bond donors (Lipinski definition) is 0. The molecule has 3 heteroatoms. The van der Waals surface area contributed by atoms with E-state index in [1.807, 2.05) is 23.5 Å². The van der Waals surface area contributed by atoms with Gasteiger partial charge in [-0.15, -0.1) is 11.3 Å². The van der Waals surface area contributed by atoms with Gasteiger partial charge in [0.2, 0.25) is 0 Å². The number of fused-ring (bicyclic) bond motifs is 7. The third-order valence-corrected chi connectivity index (χ3v) is 10.8. The van der Waals surface area contributed by atoms with Crippen LogP contribution in [0.15, 0.2) is 180 Å². The third kappa shape index (κ3) is 4.78. The van der Waals surface area contributed by atoms with Crippen LogP contribution in [0.2, 0.25) is 0 Å². The molecule has 0 saturated carbocycles. The van der Waals surface area contributed by atoms with Crippen molar-refractivity contribution in [2.24, 2.45) is 0 Å². The van der Waals surface area contributed by atoms with Crippen molar-refractivity contribution >= 4 is 81.3 Å². The Labute approximate surface area is 287 Å². The Morgan fingerprint density at radius 2 is 1.00 bits per heavy atom. The van der Waals surface area contributed by atoms with E-state index in [4.69, 9.17) is 4.42 Å². The standard InChI is InChI=1S/C46H29NOS/c1-2-9-32-26-34(17-16-30(32)8-1)31-18-21-36(22-19-31)47(38-23-24-40-39-12-3-5-14-43(39)48-44(40)29-38)37-11-7-10-33(27-37)35-20-25-46-42(28-35)41-13-4-6-15-45(41)49-46/h1-29H. The van der Waals surface area contributed by atoms with Crippen molar-refractivity contribution in [3.05, 3.63) is 176 Å². The van der Waals surface area contributed by atoms with Crippen LogP contribution in [-0.2, 0) is 0 Å². The predicted molar refractivity (Wildman–Crippen MR) is 210 cm³/mol. The molecule has 2 nitrogen and oxygen atoms in total. The van der Waals surface area contributed by atoms with Crippen LogP contribution in [0.25, 0.3) is 75.1 Å². The van der Waals surface area contributed by atoms with E-state index in [0.717, 1.165) is 39.0 Å². The SMILES string of the molecule is c1cc(-c2ccc3sc4ccccc4c3c2)cc(N(c2ccc(-c3ccc4ccccc4c3)cc2)c2ccc3c(c2)oc2ccccc23)c1. The van der Waals surface area contributed by atoms with Gasteiger partial charge in [-0.2, -0.15) is 0 Å². The molecular weight excluding hydrogens is 615 g/mol. The molecule has 49 heavy (non-hydrogen) atoms. The molecule has 2 heterocycles. The molecule has 0 bridgehead atoms. The molecule has 0 saturated heterocycles. The number of nitrogens with zero attached hydrogens (tertiary/aromatic N) is 1. The van der Waals surface area contributed by atoms with Gasteiger partial charge in [0.05, 0.1) is 0 Å². The molecule has 0 aliphatic carbocycles. The first-order valence-electron chi connectivity index (χ1n) is 16.6. The summed E-state index contributed by atoms with van der Waals surface area (Å²) in [6, 6.07) is 63.3. The molecule has 0 amide bonds. The molecule has 0 unspecified atom stereocenters. The van der Waals surface area contributed by atoms with Crippen molar-refractivity contribution in [3.8, 4) is 22.3 Å². The quantitative estimate of drug-likeness (QED) is 0.186. The highest BCUT2D eigenvalue weighted by atomic mass is 32.1. The summed E-state index contributed by atoms with van der Waals surface area (Å²) in [5, 5.41) is 7.37. The van der Waals surface area contributed by atoms with Crippen LogP contribution in [0.4, 0.5) is 17.1 Å². The van der Waals surface area contributed by atoms with Crippen molar-refractivity contribution in [1.29, 1.82) is 0 Å². The van der Waals surface area contributed by atoms with E-state index >= 15 is 0 Å². The first-order chi connectivity index (χ1) is 24.2. The summed E-state index contributed by atoms with van der Waals surface area (Å²) in [5.41, 5.74) is 9.77. The molecule has 0 aliphatic heterocycles. The Balaban J connectivity index is 1.10. The third-order valence-electron chi connectivity index (χ3n) is 9.64. The van der Waals surface area contributed by atoms with E-state index in [2.05, 4.69) is 169 Å². The van der Waals surface area contributed by atoms with Gasteiger partial charge in [-0.3, -0.25) is 0 Å². The molecule has 2 aromatic heterocycles. The lowest BCUT2D eigenvalue weighted by Gasteiger charge is -2.26. The van der Waals surface area contributed by atoms with Crippen molar-refractivity contribution < 1.29 is 4.42 Å². The van der Waals surface area contributed by atoms with Gasteiger partial charge in [-0.1, -0.05) is 103 Å². The summed E-state index contributed by atoms with van der Waals surface area (Å²) in [5.74, 6) is 0. The fourth-order valence-corrected chi connectivity index (χ4v) is 8.29. The van der Waals surface area contributed by atoms with E-state index in [1.165, 1.54) is 53.2 Å². The highest BCUT2D eigenvalue weighted by Gasteiger charge is 2.17. The number of thiophene rings is 1. The molecule has 0 fully saturated rings. The molecule has 0 radical (unpaired) electrons. The van der Waals surface area contributed by atoms with Crippen molar-refractivity contribution in [1.82, 2.24) is 0 Å². The largest absolute Gasteiger partial charge is 0.456 e. The van der Waals surface area contributed by atoms with Crippen LogP contribution in [0, 0.1) is 0 Å². The van der Waals surface area contributed by atoms with E-state index in [-0.39, 0.29) is 0 Å². The lowest BCUT2D eigenvalue weighted by molar-refractivity contribution is 0.669. The zero-order valence-corrected chi connectivity index (χ0v) is 27.3. The Bertz CT molecular complexity index is 2840. The zero-order chi connectivity index (χ0) is 32.3. The zero-order valence-electron chi connectivity index (χ0n) is 26.5. The summed E-state index contributed by atoms with van der Waals surface area (Å²) in [6.07, 6.45) is 0. The van der Waals surface area contributed by atoms with Gasteiger partial charge >= 0.3 is 0 Å². The van der Waals surface area contributed by atoms with Crippen molar-refractivity contribution in [3.63, 3.8) is 0 Å². The second-order valence-electron chi connectivity index (χ2n) is 12.6. The second kappa shape index (κ2) is 11.2. The maximum Gasteiger partial charge on any atom is 0.137 e. The first kappa shape index (κ1) is 27.9. The molecule has 0 N–H and O–H groups in total. The van der Waals surface area contributed by atoms with E-state index in [0.29, 0.717) is 0 Å². The Kier molecular flexibility index (Phi) is 6.39. The molecule has 0 spiro atoms. The topological polar surface area (TPSA) is 16.4 Å². The average Bonchev–Trinajstić information content (AvgIpc) is 3.73. The summed E-state index contributed by atoms with van der Waals surface area (Å²) < 4.78 is 9.00. The van der Waals surface area contributed by atoms with Crippen molar-refractivity contribution in [2.75, 3.05) is 4.90 Å². The number of furan rings is 1. The summed E-state index contributed by atoms with van der Waals surface area (Å²) in [4.78, 5) is 2.33. The number of benzene rings is 8. The Morgan fingerprint density at radius 3 is 1.92 bits per heavy atom. The van der Waals surface area contributed by atoms with Gasteiger partial charge in [0, 0.05) is 54.1 Å². The highest BCUT2D eigenvalue weighted by Crippen LogP contribution is 2.41. The minimum Gasteiger partial charge on any atom is -0.456 e. The molecule has 10 rings (SSSR count). The van der Waals surface area contributed by atoms with E-state index < -0.39 is 0 Å². The van der Waals surface area contributed by atoms with Crippen LogP contribution in [0.1, 0.15) is 0 Å². The molecule has 8 aromatic carbocycles. The fourth-order valence-electron chi connectivity index (χ4n) is 7.20. The lowest BCUT2D eigenvalue weighted by Crippen LogP contribution is -2.10. The van der Waals surface area contributed by atoms with E-state index in [1.54, 1.807) is 0 Å². The van der Waals surface area contributed by atoms with Crippen LogP contribution in [0.5, 0.6) is 0 Å². The normalized spacial score (nSPS) is 11.7. The van der Waals surface area contributed by atoms with Crippen LogP contribution < -0.4 is 4.90 Å². The van der Waals surface area contributed by atoms with Crippen LogP contribution in [0.3, 0.4) is 0 Å². The van der Waals surface area contributed by atoms with Gasteiger partial charge in [-0.05, 0) is 99.8 Å². The van der Waals surface area contributed by atoms with E-state index in [9.17, 15) is 0 Å². The fraction of sp³-hybridized carbons (Fsp3) is 0. The maximum atomic E-state index is 6.36. The number of hydrogen-bond acceptors (Lipinski definition) is 3. The molecule has 0 aliphatic rings. The summed E-state index contributed by atoms with van der Waals surface area (Å²) >= 11 is 1.85. The van der Waals surface area contributed by atoms with Gasteiger partial charge in [0.15, 0.2) is 0 Å². The molecular formula is C46H29NOS. The minimum atomic E-state index is 0.877. The molecule has 10 aromatic rings. The molecule has 0 atom stereocenters. The number of rotatable bonds is 5. The smallest absolute Gasteiger partial charge is 0.137 e. The Hall–Kier alpha value is -6.16. The van der Waals surface area contributed by atoms with Crippen LogP contribution >= 0.6 is 11.3 Å². The Morgan fingerprint density at radius 1 is 0.347 bits per heavy atom. The van der Waals surface area contributed by atoms with Gasteiger partial charge < -0.3 is 9.32 Å². The summed E-state index contributed by atoms with van der Waals surface area (Å²) in [7, 11) is 0. The summed E-state index contributed by atoms with van der Waals surface area (Å²) in [6.45, 7) is 0. The lowest BCUT2D eigenvalue weighted by atomic mass is 10.00. The molecule has 230 valence electrons. The van der Waals surface area contributed by atoms with Gasteiger partial charge in [0.25, 0.3) is 0 Å². The first-order valence-corrected chi connectivity index (χ1v) is 17.4. The number of para-hydroxylation sites is 1.